The molecule has 0 radical (unpaired) electrons. The normalized spacial score (nSPS) is 22.9. The molecule has 0 saturated heterocycles. The number of nitrogens with zero attached hydrogens (tertiary/aromatic N) is 1. The maximum Gasteiger partial charge on any atom is 0.239 e. The van der Waals surface area contributed by atoms with Crippen molar-refractivity contribution in [2.75, 3.05) is 17.7 Å². The summed E-state index contributed by atoms with van der Waals surface area (Å²) in [4.78, 5) is 4.37. The van der Waals surface area contributed by atoms with E-state index in [4.69, 9.17) is 10.5 Å². The van der Waals surface area contributed by atoms with Crippen molar-refractivity contribution in [3.8, 4) is 5.88 Å². The molecule has 2 atom stereocenters. The predicted octanol–water partition coefficient (Wildman–Crippen LogP) is 2.27. The second-order valence-corrected chi connectivity index (χ2v) is 4.40. The molecule has 88 valence electrons. The zero-order valence-corrected chi connectivity index (χ0v) is 9.86. The van der Waals surface area contributed by atoms with Crippen LogP contribution in [0.2, 0.25) is 0 Å². The monoisotopic (exact) mass is 221 g/mol. The lowest BCUT2D eigenvalue weighted by Crippen LogP contribution is -2.08. The number of nitrogen functional groups attached to an aromatic ring is 1. The summed E-state index contributed by atoms with van der Waals surface area (Å²) < 4.78 is 5.48. The molecular formula is C12H19N3O. The number of pyridine rings is 1. The Balaban J connectivity index is 2.02. The van der Waals surface area contributed by atoms with Gasteiger partial charge in [-0.15, -0.1) is 0 Å². The van der Waals surface area contributed by atoms with E-state index in [2.05, 4.69) is 24.1 Å². The molecule has 1 aromatic rings. The van der Waals surface area contributed by atoms with E-state index in [1.807, 2.05) is 12.1 Å². The van der Waals surface area contributed by atoms with Gasteiger partial charge in [0.25, 0.3) is 0 Å². The van der Waals surface area contributed by atoms with Crippen molar-refractivity contribution in [2.45, 2.75) is 32.7 Å². The number of ether oxygens (including phenoxy) is 1. The van der Waals surface area contributed by atoms with Crippen molar-refractivity contribution in [3.63, 3.8) is 0 Å². The largest absolute Gasteiger partial charge is 0.476 e. The van der Waals surface area contributed by atoms with Crippen molar-refractivity contribution >= 4 is 11.5 Å². The Bertz CT molecular complexity index is 367. The average Bonchev–Trinajstić information content (AvgIpc) is 2.95. The lowest BCUT2D eigenvalue weighted by molar-refractivity contribution is 0.307. The summed E-state index contributed by atoms with van der Waals surface area (Å²) in [5, 5.41) is 3.36. The van der Waals surface area contributed by atoms with E-state index >= 15 is 0 Å². The lowest BCUT2D eigenvalue weighted by Gasteiger charge is -2.09. The summed E-state index contributed by atoms with van der Waals surface area (Å²) in [5.41, 5.74) is 6.39. The minimum atomic E-state index is 0.542. The number of aromatic nitrogens is 1. The van der Waals surface area contributed by atoms with Crippen LogP contribution in [0.25, 0.3) is 0 Å². The molecule has 4 nitrogen and oxygen atoms in total. The van der Waals surface area contributed by atoms with E-state index < -0.39 is 0 Å². The summed E-state index contributed by atoms with van der Waals surface area (Å²) in [6, 6.07) is 4.31. The molecule has 1 aromatic heterocycles. The number of hydrogen-bond donors (Lipinski definition) is 2. The third-order valence-electron chi connectivity index (χ3n) is 2.78. The highest BCUT2D eigenvalue weighted by Crippen LogP contribution is 2.33. The molecule has 2 unspecified atom stereocenters. The van der Waals surface area contributed by atoms with Crippen molar-refractivity contribution in [1.82, 2.24) is 4.98 Å². The number of rotatable bonds is 5. The summed E-state index contributed by atoms with van der Waals surface area (Å²) >= 11 is 0. The van der Waals surface area contributed by atoms with Crippen molar-refractivity contribution < 1.29 is 4.74 Å². The van der Waals surface area contributed by atoms with E-state index in [1.54, 1.807) is 0 Å². The second-order valence-electron chi connectivity index (χ2n) is 4.40. The minimum Gasteiger partial charge on any atom is -0.476 e. The Labute approximate surface area is 96.2 Å². The smallest absolute Gasteiger partial charge is 0.239 e. The molecule has 2 rings (SSSR count). The van der Waals surface area contributed by atoms with Crippen molar-refractivity contribution in [2.24, 2.45) is 5.92 Å². The Kier molecular flexibility index (Phi) is 3.17. The number of nitrogens with one attached hydrogen (secondary N) is 1. The van der Waals surface area contributed by atoms with Gasteiger partial charge in [0.2, 0.25) is 5.88 Å². The molecule has 0 aromatic carbocycles. The van der Waals surface area contributed by atoms with Crippen LogP contribution in [0.4, 0.5) is 11.5 Å². The molecule has 4 heteroatoms. The van der Waals surface area contributed by atoms with Crippen LogP contribution >= 0.6 is 0 Å². The Morgan fingerprint density at radius 3 is 2.94 bits per heavy atom. The minimum absolute atomic E-state index is 0.542. The van der Waals surface area contributed by atoms with Gasteiger partial charge in [-0.25, -0.2) is 0 Å². The Morgan fingerprint density at radius 2 is 2.31 bits per heavy atom. The summed E-state index contributed by atoms with van der Waals surface area (Å²) in [6.45, 7) is 4.94. The van der Waals surface area contributed by atoms with Gasteiger partial charge in [0, 0.05) is 6.04 Å². The van der Waals surface area contributed by atoms with Gasteiger partial charge in [-0.2, -0.15) is 4.98 Å². The molecule has 1 aliphatic carbocycles. The van der Waals surface area contributed by atoms with E-state index in [0.29, 0.717) is 24.2 Å². The van der Waals surface area contributed by atoms with Crippen LogP contribution in [0, 0.1) is 5.92 Å². The molecule has 0 spiro atoms. The SMILES string of the molecule is CCCOc1nc(NC2CC2C)ccc1N. The Morgan fingerprint density at radius 1 is 1.56 bits per heavy atom. The molecule has 1 heterocycles. The van der Waals surface area contributed by atoms with Crippen LogP contribution in [0.1, 0.15) is 26.7 Å². The van der Waals surface area contributed by atoms with Crippen LogP contribution in [0.5, 0.6) is 5.88 Å². The quantitative estimate of drug-likeness (QED) is 0.800. The van der Waals surface area contributed by atoms with Gasteiger partial charge >= 0.3 is 0 Å². The number of nitrogens with two attached hydrogens (primary N) is 1. The standard InChI is InChI=1S/C12H19N3O/c1-3-6-16-12-9(13)4-5-11(15-12)14-10-7-8(10)2/h4-5,8,10H,3,6-7,13H2,1-2H3,(H,14,15). The molecule has 16 heavy (non-hydrogen) atoms. The van der Waals surface area contributed by atoms with Crippen LogP contribution in [0.3, 0.4) is 0 Å². The highest BCUT2D eigenvalue weighted by Gasteiger charge is 2.32. The fourth-order valence-corrected chi connectivity index (χ4v) is 1.56. The van der Waals surface area contributed by atoms with Gasteiger partial charge in [-0.1, -0.05) is 13.8 Å². The highest BCUT2D eigenvalue weighted by atomic mass is 16.5. The van der Waals surface area contributed by atoms with Crippen LogP contribution in [-0.2, 0) is 0 Å². The highest BCUT2D eigenvalue weighted by molar-refractivity contribution is 5.54. The zero-order valence-electron chi connectivity index (χ0n) is 9.86. The van der Waals surface area contributed by atoms with Crippen molar-refractivity contribution in [3.05, 3.63) is 12.1 Å². The number of hydrogen-bond acceptors (Lipinski definition) is 4. The van der Waals surface area contributed by atoms with Gasteiger partial charge in [-0.3, -0.25) is 0 Å². The number of anilines is 2. The maximum atomic E-state index is 5.79. The third kappa shape index (κ3) is 2.56. The molecule has 0 amide bonds. The topological polar surface area (TPSA) is 60.2 Å². The van der Waals surface area contributed by atoms with E-state index in [9.17, 15) is 0 Å². The van der Waals surface area contributed by atoms with Gasteiger partial charge in [0.05, 0.1) is 12.3 Å². The molecule has 0 bridgehead atoms. The summed E-state index contributed by atoms with van der Waals surface area (Å²) in [6.07, 6.45) is 2.18. The van der Waals surface area contributed by atoms with Crippen molar-refractivity contribution in [1.29, 1.82) is 0 Å². The lowest BCUT2D eigenvalue weighted by atomic mass is 10.4. The van der Waals surface area contributed by atoms with Gasteiger partial charge in [0.15, 0.2) is 0 Å². The van der Waals surface area contributed by atoms with E-state index in [0.717, 1.165) is 18.2 Å². The van der Waals surface area contributed by atoms with E-state index in [1.165, 1.54) is 6.42 Å². The maximum absolute atomic E-state index is 5.79. The summed E-state index contributed by atoms with van der Waals surface area (Å²) in [7, 11) is 0. The van der Waals surface area contributed by atoms with Crippen LogP contribution in [0.15, 0.2) is 12.1 Å². The zero-order chi connectivity index (χ0) is 11.5. The molecule has 1 fully saturated rings. The summed E-state index contributed by atoms with van der Waals surface area (Å²) in [5.74, 6) is 2.15. The molecule has 1 aliphatic rings. The average molecular weight is 221 g/mol. The first-order chi connectivity index (χ1) is 7.70. The molecule has 3 N–H and O–H groups in total. The van der Waals surface area contributed by atoms with Gasteiger partial charge in [-0.05, 0) is 30.9 Å². The second kappa shape index (κ2) is 4.60. The first-order valence-corrected chi connectivity index (χ1v) is 5.86. The predicted molar refractivity (Wildman–Crippen MR) is 65.6 cm³/mol. The molecule has 1 saturated carbocycles. The van der Waals surface area contributed by atoms with Crippen LogP contribution < -0.4 is 15.8 Å². The fraction of sp³-hybridized carbons (Fsp3) is 0.583. The first kappa shape index (κ1) is 11.0. The van der Waals surface area contributed by atoms with Gasteiger partial charge < -0.3 is 15.8 Å². The van der Waals surface area contributed by atoms with Crippen LogP contribution in [-0.4, -0.2) is 17.6 Å². The first-order valence-electron chi connectivity index (χ1n) is 5.86. The van der Waals surface area contributed by atoms with E-state index in [-0.39, 0.29) is 0 Å². The Hall–Kier alpha value is -1.45. The molecular weight excluding hydrogens is 202 g/mol. The third-order valence-corrected chi connectivity index (χ3v) is 2.78. The molecule has 0 aliphatic heterocycles. The van der Waals surface area contributed by atoms with Gasteiger partial charge in [0.1, 0.15) is 5.82 Å². The fourth-order valence-electron chi connectivity index (χ4n) is 1.56.